The van der Waals surface area contributed by atoms with Crippen LogP contribution in [0.3, 0.4) is 0 Å². The molecule has 0 unspecified atom stereocenters. The van der Waals surface area contributed by atoms with Crippen molar-refractivity contribution in [1.29, 1.82) is 0 Å². The normalized spacial score (nSPS) is 11.1. The summed E-state index contributed by atoms with van der Waals surface area (Å²) in [5.74, 6) is 1.21. The summed E-state index contributed by atoms with van der Waals surface area (Å²) in [4.78, 5) is 16.6. The standard InChI is InChI=1S/C22H25N3O/c1-15(2)18-11-9-17(10-12-18)14-25-20-8-6-5-7-19(20)24-21(25)13-23-22(26)16(3)4/h5-12,15H,3,13-14H2,1-2,4H3,(H,23,26). The number of carbonyl (C=O) groups excluding carboxylic acids is 1. The fraction of sp³-hybridized carbons (Fsp3) is 0.273. The molecule has 3 aromatic rings. The van der Waals surface area contributed by atoms with Crippen LogP contribution < -0.4 is 5.32 Å². The van der Waals surface area contributed by atoms with Crippen LogP contribution in [-0.4, -0.2) is 15.5 Å². The minimum atomic E-state index is -0.148. The van der Waals surface area contributed by atoms with Crippen LogP contribution in [-0.2, 0) is 17.9 Å². The largest absolute Gasteiger partial charge is 0.345 e. The van der Waals surface area contributed by atoms with E-state index in [0.29, 0.717) is 18.0 Å². The van der Waals surface area contributed by atoms with Gasteiger partial charge in [0.15, 0.2) is 0 Å². The van der Waals surface area contributed by atoms with Gasteiger partial charge in [-0.3, -0.25) is 4.79 Å². The smallest absolute Gasteiger partial charge is 0.246 e. The molecule has 0 spiro atoms. The zero-order valence-electron chi connectivity index (χ0n) is 15.6. The Morgan fingerprint density at radius 3 is 2.50 bits per heavy atom. The highest BCUT2D eigenvalue weighted by Gasteiger charge is 2.12. The van der Waals surface area contributed by atoms with Crippen LogP contribution in [0.25, 0.3) is 11.0 Å². The van der Waals surface area contributed by atoms with E-state index in [2.05, 4.69) is 60.6 Å². The molecule has 1 aromatic heterocycles. The van der Waals surface area contributed by atoms with Crippen molar-refractivity contribution in [3.63, 3.8) is 0 Å². The lowest BCUT2D eigenvalue weighted by Crippen LogP contribution is -2.25. The number of hydrogen-bond acceptors (Lipinski definition) is 2. The van der Waals surface area contributed by atoms with Crippen LogP contribution in [0, 0.1) is 0 Å². The molecule has 1 amide bonds. The van der Waals surface area contributed by atoms with Crippen molar-refractivity contribution in [2.45, 2.75) is 39.8 Å². The van der Waals surface area contributed by atoms with Gasteiger partial charge in [-0.15, -0.1) is 0 Å². The zero-order chi connectivity index (χ0) is 18.7. The third-order valence-electron chi connectivity index (χ3n) is 4.52. The Hall–Kier alpha value is -2.88. The van der Waals surface area contributed by atoms with Crippen LogP contribution in [0.2, 0.25) is 0 Å². The van der Waals surface area contributed by atoms with Crippen molar-refractivity contribution in [3.05, 3.63) is 77.6 Å². The molecule has 134 valence electrons. The maximum Gasteiger partial charge on any atom is 0.246 e. The summed E-state index contributed by atoms with van der Waals surface area (Å²) >= 11 is 0. The first-order valence-electron chi connectivity index (χ1n) is 8.92. The highest BCUT2D eigenvalue weighted by molar-refractivity contribution is 5.92. The van der Waals surface area contributed by atoms with E-state index in [1.807, 2.05) is 18.2 Å². The van der Waals surface area contributed by atoms with Gasteiger partial charge < -0.3 is 9.88 Å². The van der Waals surface area contributed by atoms with E-state index in [4.69, 9.17) is 4.98 Å². The average Bonchev–Trinajstić information content (AvgIpc) is 2.97. The number of benzene rings is 2. The highest BCUT2D eigenvalue weighted by atomic mass is 16.1. The monoisotopic (exact) mass is 347 g/mol. The van der Waals surface area contributed by atoms with Gasteiger partial charge in [0.1, 0.15) is 5.82 Å². The van der Waals surface area contributed by atoms with Gasteiger partial charge in [-0.05, 0) is 36.1 Å². The van der Waals surface area contributed by atoms with Crippen molar-refractivity contribution >= 4 is 16.9 Å². The maximum atomic E-state index is 11.9. The van der Waals surface area contributed by atoms with E-state index in [1.54, 1.807) is 6.92 Å². The van der Waals surface area contributed by atoms with E-state index in [0.717, 1.165) is 23.4 Å². The maximum absolute atomic E-state index is 11.9. The molecule has 0 aliphatic carbocycles. The molecule has 0 radical (unpaired) electrons. The van der Waals surface area contributed by atoms with Crippen molar-refractivity contribution in [2.24, 2.45) is 0 Å². The second-order valence-corrected chi connectivity index (χ2v) is 6.96. The van der Waals surface area contributed by atoms with Crippen LogP contribution in [0.1, 0.15) is 43.6 Å². The minimum Gasteiger partial charge on any atom is -0.345 e. The Morgan fingerprint density at radius 2 is 1.85 bits per heavy atom. The number of imidazole rings is 1. The molecule has 4 heteroatoms. The van der Waals surface area contributed by atoms with E-state index in [-0.39, 0.29) is 5.91 Å². The number of hydrogen-bond donors (Lipinski definition) is 1. The molecule has 0 bridgehead atoms. The summed E-state index contributed by atoms with van der Waals surface area (Å²) in [5.41, 5.74) is 5.05. The first-order chi connectivity index (χ1) is 12.5. The summed E-state index contributed by atoms with van der Waals surface area (Å²) in [5, 5.41) is 2.89. The van der Waals surface area contributed by atoms with E-state index in [9.17, 15) is 4.79 Å². The van der Waals surface area contributed by atoms with Gasteiger partial charge in [-0.1, -0.05) is 56.8 Å². The van der Waals surface area contributed by atoms with Gasteiger partial charge >= 0.3 is 0 Å². The molecule has 1 heterocycles. The van der Waals surface area contributed by atoms with Crippen molar-refractivity contribution in [1.82, 2.24) is 14.9 Å². The van der Waals surface area contributed by atoms with Gasteiger partial charge in [-0.2, -0.15) is 0 Å². The fourth-order valence-electron chi connectivity index (χ4n) is 2.94. The number of amides is 1. The van der Waals surface area contributed by atoms with Gasteiger partial charge in [0, 0.05) is 12.1 Å². The lowest BCUT2D eigenvalue weighted by molar-refractivity contribution is -0.117. The van der Waals surface area contributed by atoms with Crippen LogP contribution in [0.5, 0.6) is 0 Å². The molecule has 0 saturated carbocycles. The molecule has 3 rings (SSSR count). The molecule has 0 saturated heterocycles. The Kier molecular flexibility index (Phi) is 5.21. The molecule has 26 heavy (non-hydrogen) atoms. The van der Waals surface area contributed by atoms with Crippen molar-refractivity contribution < 1.29 is 4.79 Å². The quantitative estimate of drug-likeness (QED) is 0.672. The number of carbonyl (C=O) groups is 1. The number of aromatic nitrogens is 2. The van der Waals surface area contributed by atoms with Crippen LogP contribution >= 0.6 is 0 Å². The number of nitrogens with zero attached hydrogens (tertiary/aromatic N) is 2. The zero-order valence-corrected chi connectivity index (χ0v) is 15.6. The summed E-state index contributed by atoms with van der Waals surface area (Å²) in [6, 6.07) is 16.8. The highest BCUT2D eigenvalue weighted by Crippen LogP contribution is 2.20. The Balaban J connectivity index is 1.91. The topological polar surface area (TPSA) is 46.9 Å². The second kappa shape index (κ2) is 7.56. The number of para-hydroxylation sites is 2. The molecule has 0 fully saturated rings. The second-order valence-electron chi connectivity index (χ2n) is 6.96. The molecule has 2 aromatic carbocycles. The van der Waals surface area contributed by atoms with E-state index >= 15 is 0 Å². The molecular weight excluding hydrogens is 322 g/mol. The molecule has 4 nitrogen and oxygen atoms in total. The predicted molar refractivity (Wildman–Crippen MR) is 106 cm³/mol. The molecule has 0 aliphatic heterocycles. The summed E-state index contributed by atoms with van der Waals surface area (Å²) in [6.45, 7) is 10.9. The van der Waals surface area contributed by atoms with Gasteiger partial charge in [0.2, 0.25) is 5.91 Å². The first kappa shape index (κ1) is 17.9. The Labute approximate surface area is 154 Å². The fourth-order valence-corrected chi connectivity index (χ4v) is 2.94. The predicted octanol–water partition coefficient (Wildman–Crippen LogP) is 4.40. The van der Waals surface area contributed by atoms with Crippen molar-refractivity contribution in [2.75, 3.05) is 0 Å². The van der Waals surface area contributed by atoms with E-state index in [1.165, 1.54) is 11.1 Å². The Bertz CT molecular complexity index is 936. The number of fused-ring (bicyclic) bond motifs is 1. The summed E-state index contributed by atoms with van der Waals surface area (Å²) < 4.78 is 2.17. The first-order valence-corrected chi connectivity index (χ1v) is 8.92. The lowest BCUT2D eigenvalue weighted by Gasteiger charge is -2.12. The van der Waals surface area contributed by atoms with Gasteiger partial charge in [-0.25, -0.2) is 4.98 Å². The van der Waals surface area contributed by atoms with Gasteiger partial charge in [0.05, 0.1) is 17.6 Å². The van der Waals surface area contributed by atoms with Crippen LogP contribution in [0.4, 0.5) is 0 Å². The lowest BCUT2D eigenvalue weighted by atomic mass is 10.0. The Morgan fingerprint density at radius 1 is 1.15 bits per heavy atom. The molecule has 0 aliphatic rings. The summed E-state index contributed by atoms with van der Waals surface area (Å²) in [7, 11) is 0. The third-order valence-corrected chi connectivity index (χ3v) is 4.52. The molecule has 0 atom stereocenters. The molecular formula is C22H25N3O. The number of nitrogens with one attached hydrogen (secondary N) is 1. The summed E-state index contributed by atoms with van der Waals surface area (Å²) in [6.07, 6.45) is 0. The average molecular weight is 347 g/mol. The van der Waals surface area contributed by atoms with Gasteiger partial charge in [0.25, 0.3) is 0 Å². The minimum absolute atomic E-state index is 0.148. The number of rotatable bonds is 6. The van der Waals surface area contributed by atoms with Crippen molar-refractivity contribution in [3.8, 4) is 0 Å². The van der Waals surface area contributed by atoms with Crippen LogP contribution in [0.15, 0.2) is 60.7 Å². The molecule has 1 N–H and O–H groups in total. The third kappa shape index (κ3) is 3.85. The van der Waals surface area contributed by atoms with E-state index < -0.39 is 0 Å². The SMILES string of the molecule is C=C(C)C(=O)NCc1nc2ccccc2n1Cc1ccc(C(C)C)cc1.